The normalized spacial score (nSPS) is 20.6. The lowest BCUT2D eigenvalue weighted by molar-refractivity contribution is 0.0465. The van der Waals surface area contributed by atoms with Crippen molar-refractivity contribution in [2.75, 3.05) is 0 Å². The lowest BCUT2D eigenvalue weighted by Crippen LogP contribution is -2.53. The molecular weight excluding hydrogens is 278 g/mol. The monoisotopic (exact) mass is 301 g/mol. The molecule has 0 aromatic heterocycles. The number of benzene rings is 1. The second kappa shape index (κ2) is 6.80. The second-order valence-electron chi connectivity index (χ2n) is 6.66. The fraction of sp³-hybridized carbons (Fsp3) is 0.529. The van der Waals surface area contributed by atoms with Crippen LogP contribution in [0.1, 0.15) is 44.7 Å². The molecular formula is C17H23N3O2. The van der Waals surface area contributed by atoms with Gasteiger partial charge in [0.15, 0.2) is 0 Å². The van der Waals surface area contributed by atoms with Crippen LogP contribution in [0.5, 0.6) is 0 Å². The molecule has 1 amide bonds. The van der Waals surface area contributed by atoms with E-state index in [1.807, 2.05) is 45.0 Å². The molecule has 1 aromatic rings. The van der Waals surface area contributed by atoms with Gasteiger partial charge in [-0.25, -0.2) is 4.79 Å². The van der Waals surface area contributed by atoms with Crippen molar-refractivity contribution in [2.24, 2.45) is 0 Å². The zero-order valence-electron chi connectivity index (χ0n) is 13.3. The molecule has 0 aliphatic heterocycles. The van der Waals surface area contributed by atoms with Crippen molar-refractivity contribution in [1.29, 1.82) is 5.26 Å². The average molecular weight is 301 g/mol. The van der Waals surface area contributed by atoms with Crippen LogP contribution in [0.25, 0.3) is 0 Å². The zero-order chi connectivity index (χ0) is 16.2. The predicted molar refractivity (Wildman–Crippen MR) is 84.2 cm³/mol. The number of ether oxygens (including phenoxy) is 1. The maximum Gasteiger partial charge on any atom is 0.407 e. The first kappa shape index (κ1) is 16.3. The Labute approximate surface area is 131 Å². The molecule has 0 radical (unpaired) electrons. The number of rotatable bonds is 4. The van der Waals surface area contributed by atoms with Crippen molar-refractivity contribution >= 4 is 6.09 Å². The molecule has 0 spiro atoms. The average Bonchev–Trinajstić information content (AvgIpc) is 2.39. The van der Waals surface area contributed by atoms with Gasteiger partial charge in [-0.15, -0.1) is 0 Å². The Morgan fingerprint density at radius 1 is 1.32 bits per heavy atom. The molecule has 1 saturated carbocycles. The number of hydrogen-bond acceptors (Lipinski definition) is 4. The highest BCUT2D eigenvalue weighted by atomic mass is 16.6. The Kier molecular flexibility index (Phi) is 5.04. The topological polar surface area (TPSA) is 74.2 Å². The van der Waals surface area contributed by atoms with Crippen LogP contribution >= 0.6 is 0 Å². The van der Waals surface area contributed by atoms with Gasteiger partial charge in [-0.2, -0.15) is 5.26 Å². The Morgan fingerprint density at radius 2 is 2.00 bits per heavy atom. The lowest BCUT2D eigenvalue weighted by Gasteiger charge is -2.36. The Hall–Kier alpha value is -2.06. The summed E-state index contributed by atoms with van der Waals surface area (Å²) < 4.78 is 5.23. The van der Waals surface area contributed by atoms with Crippen molar-refractivity contribution in [1.82, 2.24) is 10.6 Å². The van der Waals surface area contributed by atoms with Crippen LogP contribution in [0.15, 0.2) is 24.3 Å². The molecule has 0 bridgehead atoms. The summed E-state index contributed by atoms with van der Waals surface area (Å²) in [4.78, 5) is 11.6. The van der Waals surface area contributed by atoms with Gasteiger partial charge in [-0.3, -0.25) is 0 Å². The Morgan fingerprint density at radius 3 is 2.64 bits per heavy atom. The number of nitriles is 1. The second-order valence-corrected chi connectivity index (χ2v) is 6.66. The van der Waals surface area contributed by atoms with Crippen LogP contribution in [0, 0.1) is 11.3 Å². The highest BCUT2D eigenvalue weighted by Gasteiger charge is 2.31. The molecule has 0 atom stereocenters. The zero-order valence-corrected chi connectivity index (χ0v) is 13.3. The van der Waals surface area contributed by atoms with E-state index in [2.05, 4.69) is 16.7 Å². The summed E-state index contributed by atoms with van der Waals surface area (Å²) in [7, 11) is 0. The van der Waals surface area contributed by atoms with Crippen molar-refractivity contribution in [3.63, 3.8) is 0 Å². The summed E-state index contributed by atoms with van der Waals surface area (Å²) in [5.41, 5.74) is 1.25. The molecule has 2 rings (SSSR count). The first-order chi connectivity index (χ1) is 10.4. The summed E-state index contributed by atoms with van der Waals surface area (Å²) in [6.07, 6.45) is 1.41. The van der Waals surface area contributed by atoms with Crippen molar-refractivity contribution in [3.05, 3.63) is 35.4 Å². The lowest BCUT2D eigenvalue weighted by atomic mass is 9.86. The van der Waals surface area contributed by atoms with Crippen LogP contribution in [0.3, 0.4) is 0 Å². The fourth-order valence-corrected chi connectivity index (χ4v) is 2.41. The molecule has 118 valence electrons. The number of carbonyl (C=O) groups excluding carboxylic acids is 1. The van der Waals surface area contributed by atoms with E-state index in [1.54, 1.807) is 0 Å². The van der Waals surface area contributed by atoms with E-state index in [0.717, 1.165) is 18.4 Å². The van der Waals surface area contributed by atoms with Gasteiger partial charge < -0.3 is 15.4 Å². The fourth-order valence-electron chi connectivity index (χ4n) is 2.41. The summed E-state index contributed by atoms with van der Waals surface area (Å²) in [5.74, 6) is 0. The van der Waals surface area contributed by atoms with Gasteiger partial charge in [0.05, 0.1) is 11.6 Å². The SMILES string of the molecule is CC(C)(C)OC(=O)NC1CC(NCc2ccccc2C#N)C1. The third kappa shape index (κ3) is 4.74. The largest absolute Gasteiger partial charge is 0.444 e. The van der Waals surface area contributed by atoms with Gasteiger partial charge in [0.2, 0.25) is 0 Å². The van der Waals surface area contributed by atoms with E-state index in [0.29, 0.717) is 18.2 Å². The summed E-state index contributed by atoms with van der Waals surface area (Å²) >= 11 is 0. The molecule has 2 N–H and O–H groups in total. The predicted octanol–water partition coefficient (Wildman–Crippen LogP) is 2.70. The van der Waals surface area contributed by atoms with Crippen LogP contribution in [-0.4, -0.2) is 23.8 Å². The third-order valence-electron chi connectivity index (χ3n) is 3.58. The molecule has 0 saturated heterocycles. The maximum absolute atomic E-state index is 11.6. The summed E-state index contributed by atoms with van der Waals surface area (Å²) in [6.45, 7) is 6.23. The van der Waals surface area contributed by atoms with Crippen molar-refractivity contribution in [2.45, 2.75) is 57.8 Å². The van der Waals surface area contributed by atoms with Gasteiger partial charge in [-0.05, 0) is 45.2 Å². The van der Waals surface area contributed by atoms with Crippen molar-refractivity contribution in [3.8, 4) is 6.07 Å². The van der Waals surface area contributed by atoms with Gasteiger partial charge in [0, 0.05) is 18.6 Å². The maximum atomic E-state index is 11.6. The van der Waals surface area contributed by atoms with Crippen LogP contribution < -0.4 is 10.6 Å². The highest BCUT2D eigenvalue weighted by Crippen LogP contribution is 2.21. The van der Waals surface area contributed by atoms with Gasteiger partial charge >= 0.3 is 6.09 Å². The van der Waals surface area contributed by atoms with Crippen LogP contribution in [-0.2, 0) is 11.3 Å². The molecule has 5 heteroatoms. The smallest absolute Gasteiger partial charge is 0.407 e. The number of hydrogen-bond donors (Lipinski definition) is 2. The molecule has 1 fully saturated rings. The van der Waals surface area contributed by atoms with E-state index in [4.69, 9.17) is 10.00 Å². The standard InChI is InChI=1S/C17H23N3O2/c1-17(2,3)22-16(21)20-15-8-14(9-15)19-11-13-7-5-4-6-12(13)10-18/h4-7,14-15,19H,8-9,11H2,1-3H3,(H,20,21). The number of nitrogens with one attached hydrogen (secondary N) is 2. The molecule has 0 heterocycles. The minimum absolute atomic E-state index is 0.165. The number of alkyl carbamates (subject to hydrolysis) is 1. The number of nitrogens with zero attached hydrogens (tertiary/aromatic N) is 1. The van der Waals surface area contributed by atoms with E-state index in [9.17, 15) is 4.79 Å². The Bertz CT molecular complexity index is 566. The summed E-state index contributed by atoms with van der Waals surface area (Å²) in [5, 5.41) is 15.3. The van der Waals surface area contributed by atoms with Crippen molar-refractivity contribution < 1.29 is 9.53 Å². The van der Waals surface area contributed by atoms with Gasteiger partial charge in [-0.1, -0.05) is 18.2 Å². The van der Waals surface area contributed by atoms with Crippen LogP contribution in [0.4, 0.5) is 4.79 Å². The van der Waals surface area contributed by atoms with E-state index in [1.165, 1.54) is 0 Å². The molecule has 0 unspecified atom stereocenters. The van der Waals surface area contributed by atoms with E-state index >= 15 is 0 Å². The number of amides is 1. The van der Waals surface area contributed by atoms with Gasteiger partial charge in [0.1, 0.15) is 5.60 Å². The van der Waals surface area contributed by atoms with E-state index < -0.39 is 5.60 Å². The molecule has 22 heavy (non-hydrogen) atoms. The number of carbonyl (C=O) groups is 1. The highest BCUT2D eigenvalue weighted by molar-refractivity contribution is 5.68. The first-order valence-corrected chi connectivity index (χ1v) is 7.58. The molecule has 5 nitrogen and oxygen atoms in total. The third-order valence-corrected chi connectivity index (χ3v) is 3.58. The molecule has 1 aliphatic rings. The molecule has 1 aliphatic carbocycles. The van der Waals surface area contributed by atoms with Gasteiger partial charge in [0.25, 0.3) is 0 Å². The first-order valence-electron chi connectivity index (χ1n) is 7.58. The Balaban J connectivity index is 1.70. The van der Waals surface area contributed by atoms with E-state index in [-0.39, 0.29) is 12.1 Å². The van der Waals surface area contributed by atoms with Crippen LogP contribution in [0.2, 0.25) is 0 Å². The summed E-state index contributed by atoms with van der Waals surface area (Å²) in [6, 6.07) is 10.3. The molecule has 1 aromatic carbocycles. The minimum atomic E-state index is -0.466. The minimum Gasteiger partial charge on any atom is -0.444 e. The quantitative estimate of drug-likeness (QED) is 0.896.